The second kappa shape index (κ2) is 4.91. The number of benzene rings is 1. The predicted molar refractivity (Wildman–Crippen MR) is 64.6 cm³/mol. The van der Waals surface area contributed by atoms with E-state index in [1.54, 1.807) is 6.92 Å². The highest BCUT2D eigenvalue weighted by molar-refractivity contribution is 7.08. The highest BCUT2D eigenvalue weighted by Crippen LogP contribution is 2.27. The Kier molecular flexibility index (Phi) is 3.51. The second-order valence-corrected chi connectivity index (χ2v) is 4.56. The maximum absolute atomic E-state index is 13.7. The first-order chi connectivity index (χ1) is 8.13. The van der Waals surface area contributed by atoms with Gasteiger partial charge in [-0.05, 0) is 40.9 Å². The van der Waals surface area contributed by atoms with Crippen LogP contribution < -0.4 is 11.3 Å². The molecule has 0 fully saturated rings. The van der Waals surface area contributed by atoms with Crippen LogP contribution in [-0.2, 0) is 0 Å². The Hall–Kier alpha value is -1.30. The number of halogens is 2. The topological polar surface area (TPSA) is 38.0 Å². The Bertz CT molecular complexity index is 511. The van der Waals surface area contributed by atoms with E-state index in [0.29, 0.717) is 11.1 Å². The lowest BCUT2D eigenvalue weighted by molar-refractivity contribution is 0.538. The average Bonchev–Trinajstić information content (AvgIpc) is 2.80. The normalized spacial score (nSPS) is 12.7. The molecule has 0 saturated carbocycles. The summed E-state index contributed by atoms with van der Waals surface area (Å²) in [5, 5.41) is 3.76. The van der Waals surface area contributed by atoms with Crippen LogP contribution in [-0.4, -0.2) is 0 Å². The summed E-state index contributed by atoms with van der Waals surface area (Å²) < 4.78 is 26.9. The molecule has 3 N–H and O–H groups in total. The molecule has 0 bridgehead atoms. The Labute approximate surface area is 102 Å². The van der Waals surface area contributed by atoms with Gasteiger partial charge in [0.1, 0.15) is 11.6 Å². The summed E-state index contributed by atoms with van der Waals surface area (Å²) in [5.41, 5.74) is 4.17. The minimum Gasteiger partial charge on any atom is -0.271 e. The van der Waals surface area contributed by atoms with Gasteiger partial charge < -0.3 is 0 Å². The summed E-state index contributed by atoms with van der Waals surface area (Å²) in [6.07, 6.45) is 0. The van der Waals surface area contributed by atoms with E-state index in [1.807, 2.05) is 16.8 Å². The van der Waals surface area contributed by atoms with E-state index in [4.69, 9.17) is 5.84 Å². The molecule has 0 saturated heterocycles. The van der Waals surface area contributed by atoms with E-state index in [1.165, 1.54) is 17.4 Å². The summed E-state index contributed by atoms with van der Waals surface area (Å²) in [4.78, 5) is 0. The molecular weight excluding hydrogens is 242 g/mol. The third-order valence-electron chi connectivity index (χ3n) is 2.63. The molecule has 0 radical (unpaired) electrons. The summed E-state index contributed by atoms with van der Waals surface area (Å²) in [6, 6.07) is 3.77. The maximum Gasteiger partial charge on any atom is 0.131 e. The smallest absolute Gasteiger partial charge is 0.131 e. The lowest BCUT2D eigenvalue weighted by Gasteiger charge is -2.16. The van der Waals surface area contributed by atoms with Gasteiger partial charge in [0.05, 0.1) is 6.04 Å². The third-order valence-corrected chi connectivity index (χ3v) is 3.33. The van der Waals surface area contributed by atoms with Crippen molar-refractivity contribution < 1.29 is 8.78 Å². The number of nitrogens with one attached hydrogen (secondary N) is 1. The van der Waals surface area contributed by atoms with Gasteiger partial charge in [-0.25, -0.2) is 14.2 Å². The van der Waals surface area contributed by atoms with Crippen LogP contribution >= 0.6 is 11.3 Å². The van der Waals surface area contributed by atoms with Crippen molar-refractivity contribution in [1.82, 2.24) is 5.43 Å². The van der Waals surface area contributed by atoms with E-state index in [-0.39, 0.29) is 0 Å². The molecule has 1 atom stereocenters. The van der Waals surface area contributed by atoms with Crippen LogP contribution in [0.1, 0.15) is 22.7 Å². The standard InChI is InChI=1S/C12H12F2N2S/c1-7-4-9(11(14)5-10(7)13)12(16-15)8-2-3-17-6-8/h2-6,12,16H,15H2,1H3. The predicted octanol–water partition coefficient (Wildman–Crippen LogP) is 2.89. The van der Waals surface area contributed by atoms with Crippen LogP contribution in [0.4, 0.5) is 8.78 Å². The second-order valence-electron chi connectivity index (χ2n) is 3.78. The van der Waals surface area contributed by atoms with Crippen LogP contribution in [0.5, 0.6) is 0 Å². The quantitative estimate of drug-likeness (QED) is 0.653. The molecule has 0 aliphatic heterocycles. The molecular formula is C12H12F2N2S. The minimum absolute atomic E-state index is 0.352. The van der Waals surface area contributed by atoms with Gasteiger partial charge in [0.25, 0.3) is 0 Å². The van der Waals surface area contributed by atoms with Gasteiger partial charge in [-0.2, -0.15) is 11.3 Å². The van der Waals surface area contributed by atoms with Gasteiger partial charge in [0.15, 0.2) is 0 Å². The zero-order valence-corrected chi connectivity index (χ0v) is 10.0. The SMILES string of the molecule is Cc1cc(C(NN)c2ccsc2)c(F)cc1F. The average molecular weight is 254 g/mol. The van der Waals surface area contributed by atoms with Crippen LogP contribution in [0.2, 0.25) is 0 Å². The molecule has 0 amide bonds. The van der Waals surface area contributed by atoms with Gasteiger partial charge in [0, 0.05) is 11.6 Å². The first kappa shape index (κ1) is 12.2. The van der Waals surface area contributed by atoms with Crippen LogP contribution in [0.25, 0.3) is 0 Å². The zero-order chi connectivity index (χ0) is 12.4. The number of thiophene rings is 1. The fourth-order valence-corrected chi connectivity index (χ4v) is 2.39. The Morgan fingerprint density at radius 2 is 2.06 bits per heavy atom. The fraction of sp³-hybridized carbons (Fsp3) is 0.167. The number of aryl methyl sites for hydroxylation is 1. The molecule has 0 spiro atoms. The highest BCUT2D eigenvalue weighted by atomic mass is 32.1. The molecule has 0 aliphatic rings. The number of hydrogen-bond acceptors (Lipinski definition) is 3. The van der Waals surface area contributed by atoms with Crippen molar-refractivity contribution in [3.8, 4) is 0 Å². The van der Waals surface area contributed by atoms with E-state index in [0.717, 1.165) is 11.6 Å². The summed E-state index contributed by atoms with van der Waals surface area (Å²) in [7, 11) is 0. The Balaban J connectivity index is 2.48. The van der Waals surface area contributed by atoms with E-state index < -0.39 is 17.7 Å². The van der Waals surface area contributed by atoms with Crippen molar-refractivity contribution in [3.05, 3.63) is 57.3 Å². The van der Waals surface area contributed by atoms with Gasteiger partial charge in [-0.1, -0.05) is 0 Å². The van der Waals surface area contributed by atoms with E-state index in [9.17, 15) is 8.78 Å². The summed E-state index contributed by atoms with van der Waals surface area (Å²) >= 11 is 1.50. The van der Waals surface area contributed by atoms with Gasteiger partial charge in [-0.3, -0.25) is 5.84 Å². The molecule has 1 aromatic heterocycles. The van der Waals surface area contributed by atoms with Crippen molar-refractivity contribution >= 4 is 11.3 Å². The molecule has 0 aliphatic carbocycles. The Morgan fingerprint density at radius 3 is 2.65 bits per heavy atom. The van der Waals surface area contributed by atoms with Gasteiger partial charge >= 0.3 is 0 Å². The molecule has 1 heterocycles. The highest BCUT2D eigenvalue weighted by Gasteiger charge is 2.18. The van der Waals surface area contributed by atoms with Crippen molar-refractivity contribution in [1.29, 1.82) is 0 Å². The molecule has 2 aromatic rings. The molecule has 1 unspecified atom stereocenters. The van der Waals surface area contributed by atoms with Crippen molar-refractivity contribution in [3.63, 3.8) is 0 Å². The van der Waals surface area contributed by atoms with Crippen molar-refractivity contribution in [2.75, 3.05) is 0 Å². The molecule has 17 heavy (non-hydrogen) atoms. The molecule has 90 valence electrons. The number of hydrogen-bond donors (Lipinski definition) is 2. The Morgan fingerprint density at radius 1 is 1.29 bits per heavy atom. The lowest BCUT2D eigenvalue weighted by Crippen LogP contribution is -2.29. The number of hydrazine groups is 1. The molecule has 1 aromatic carbocycles. The van der Waals surface area contributed by atoms with Crippen LogP contribution in [0.3, 0.4) is 0 Å². The minimum atomic E-state index is -0.595. The molecule has 2 nitrogen and oxygen atoms in total. The summed E-state index contributed by atoms with van der Waals surface area (Å²) in [6.45, 7) is 1.60. The lowest BCUT2D eigenvalue weighted by atomic mass is 9.99. The van der Waals surface area contributed by atoms with E-state index >= 15 is 0 Å². The third kappa shape index (κ3) is 2.36. The van der Waals surface area contributed by atoms with Crippen LogP contribution in [0, 0.1) is 18.6 Å². The first-order valence-electron chi connectivity index (χ1n) is 5.07. The van der Waals surface area contributed by atoms with Gasteiger partial charge in [0.2, 0.25) is 0 Å². The molecule has 2 rings (SSSR count). The zero-order valence-electron chi connectivity index (χ0n) is 9.21. The van der Waals surface area contributed by atoms with Crippen molar-refractivity contribution in [2.45, 2.75) is 13.0 Å². The largest absolute Gasteiger partial charge is 0.271 e. The number of rotatable bonds is 3. The first-order valence-corrected chi connectivity index (χ1v) is 6.01. The molecule has 5 heteroatoms. The van der Waals surface area contributed by atoms with Crippen molar-refractivity contribution in [2.24, 2.45) is 5.84 Å². The number of nitrogens with two attached hydrogens (primary N) is 1. The van der Waals surface area contributed by atoms with E-state index in [2.05, 4.69) is 5.43 Å². The van der Waals surface area contributed by atoms with Crippen LogP contribution in [0.15, 0.2) is 29.0 Å². The maximum atomic E-state index is 13.7. The van der Waals surface area contributed by atoms with Gasteiger partial charge in [-0.15, -0.1) is 0 Å². The summed E-state index contributed by atoms with van der Waals surface area (Å²) in [5.74, 6) is 4.30. The monoisotopic (exact) mass is 254 g/mol. The fourth-order valence-electron chi connectivity index (χ4n) is 1.71.